The number of aryl methyl sites for hydroxylation is 2. The third kappa shape index (κ3) is 4.81. The minimum absolute atomic E-state index is 0.963. The molecular formula is C28H26S. The molecule has 0 aliphatic rings. The van der Waals surface area contributed by atoms with Crippen LogP contribution in [0.25, 0.3) is 0 Å². The summed E-state index contributed by atoms with van der Waals surface area (Å²) in [7, 11) is 0. The van der Waals surface area contributed by atoms with E-state index in [1.807, 2.05) is 11.8 Å². The Hall–Kier alpha value is -2.77. The van der Waals surface area contributed by atoms with Gasteiger partial charge in [0.15, 0.2) is 0 Å². The fourth-order valence-corrected chi connectivity index (χ4v) is 4.94. The monoisotopic (exact) mass is 394 g/mol. The summed E-state index contributed by atoms with van der Waals surface area (Å²) >= 11 is 1.93. The van der Waals surface area contributed by atoms with E-state index in [0.717, 1.165) is 12.8 Å². The van der Waals surface area contributed by atoms with Crippen LogP contribution in [-0.4, -0.2) is 0 Å². The van der Waals surface area contributed by atoms with E-state index in [9.17, 15) is 0 Å². The molecule has 0 unspecified atom stereocenters. The molecule has 0 saturated carbocycles. The molecule has 0 N–H and O–H groups in total. The van der Waals surface area contributed by atoms with Crippen LogP contribution in [0.15, 0.2) is 107 Å². The first-order chi connectivity index (χ1) is 14.2. The number of hydrogen-bond acceptors (Lipinski definition) is 1. The van der Waals surface area contributed by atoms with Crippen LogP contribution >= 0.6 is 11.8 Å². The predicted molar refractivity (Wildman–Crippen MR) is 125 cm³/mol. The van der Waals surface area contributed by atoms with Crippen molar-refractivity contribution in [3.63, 3.8) is 0 Å². The molecule has 0 aliphatic heterocycles. The van der Waals surface area contributed by atoms with Crippen LogP contribution in [0.2, 0.25) is 0 Å². The highest BCUT2D eigenvalue weighted by molar-refractivity contribution is 7.99. The zero-order chi connectivity index (χ0) is 20.1. The van der Waals surface area contributed by atoms with E-state index >= 15 is 0 Å². The van der Waals surface area contributed by atoms with E-state index in [0.29, 0.717) is 0 Å². The second-order valence-corrected chi connectivity index (χ2v) is 8.57. The van der Waals surface area contributed by atoms with E-state index in [-0.39, 0.29) is 0 Å². The fraction of sp³-hybridized carbons (Fsp3) is 0.143. The Balaban J connectivity index is 1.69. The van der Waals surface area contributed by atoms with Crippen molar-refractivity contribution in [3.05, 3.63) is 130 Å². The molecule has 0 spiro atoms. The van der Waals surface area contributed by atoms with E-state index in [1.165, 1.54) is 43.2 Å². The summed E-state index contributed by atoms with van der Waals surface area (Å²) in [6, 6.07) is 34.9. The van der Waals surface area contributed by atoms with Crippen LogP contribution in [-0.2, 0) is 12.8 Å². The lowest BCUT2D eigenvalue weighted by atomic mass is 10.0. The van der Waals surface area contributed by atoms with Crippen molar-refractivity contribution < 1.29 is 0 Å². The van der Waals surface area contributed by atoms with Crippen LogP contribution < -0.4 is 0 Å². The summed E-state index contributed by atoms with van der Waals surface area (Å²) in [5.41, 5.74) is 8.20. The van der Waals surface area contributed by atoms with Gasteiger partial charge in [-0.15, -0.1) is 0 Å². The summed E-state index contributed by atoms with van der Waals surface area (Å²) in [4.78, 5) is 2.78. The maximum atomic E-state index is 2.28. The van der Waals surface area contributed by atoms with Gasteiger partial charge in [-0.2, -0.15) is 0 Å². The Kier molecular flexibility index (Phi) is 6.17. The molecule has 0 radical (unpaired) electrons. The molecule has 0 atom stereocenters. The van der Waals surface area contributed by atoms with Gasteiger partial charge in [0.05, 0.1) is 0 Å². The van der Waals surface area contributed by atoms with E-state index in [1.54, 1.807) is 0 Å². The van der Waals surface area contributed by atoms with Gasteiger partial charge in [0.2, 0.25) is 0 Å². The quantitative estimate of drug-likeness (QED) is 0.324. The lowest BCUT2D eigenvalue weighted by Crippen LogP contribution is -1.97. The van der Waals surface area contributed by atoms with Crippen molar-refractivity contribution in [3.8, 4) is 0 Å². The van der Waals surface area contributed by atoms with Crippen molar-refractivity contribution in [2.75, 3.05) is 0 Å². The first-order valence-electron chi connectivity index (χ1n) is 10.1. The molecule has 29 heavy (non-hydrogen) atoms. The van der Waals surface area contributed by atoms with Crippen LogP contribution in [0.4, 0.5) is 0 Å². The van der Waals surface area contributed by atoms with Gasteiger partial charge < -0.3 is 0 Å². The van der Waals surface area contributed by atoms with Crippen molar-refractivity contribution >= 4 is 11.8 Å². The summed E-state index contributed by atoms with van der Waals surface area (Å²) in [5.74, 6) is 0. The van der Waals surface area contributed by atoms with Gasteiger partial charge in [-0.1, -0.05) is 109 Å². The molecule has 1 heteroatoms. The summed E-state index contributed by atoms with van der Waals surface area (Å²) in [5, 5.41) is 0. The Bertz CT molecular complexity index is 993. The standard InChI is InChI=1S/C28H26S/c1-21-11-9-17-25(19-23-13-5-3-6-14-23)27(21)29-28-22(2)12-10-18-26(28)20-24-15-7-4-8-16-24/h3-18H,19-20H2,1-2H3. The second kappa shape index (κ2) is 9.15. The normalized spacial score (nSPS) is 10.8. The van der Waals surface area contributed by atoms with Gasteiger partial charge in [-0.25, -0.2) is 0 Å². The highest BCUT2D eigenvalue weighted by Crippen LogP contribution is 2.38. The lowest BCUT2D eigenvalue weighted by Gasteiger charge is -2.17. The molecule has 4 aromatic rings. The summed E-state index contributed by atoms with van der Waals surface area (Å²) < 4.78 is 0. The van der Waals surface area contributed by atoms with Gasteiger partial charge in [0, 0.05) is 9.79 Å². The first-order valence-corrected chi connectivity index (χ1v) is 10.9. The van der Waals surface area contributed by atoms with Gasteiger partial charge in [0.25, 0.3) is 0 Å². The molecule has 0 aliphatic carbocycles. The Morgan fingerprint density at radius 2 is 0.897 bits per heavy atom. The topological polar surface area (TPSA) is 0 Å². The molecule has 0 heterocycles. The highest BCUT2D eigenvalue weighted by atomic mass is 32.2. The zero-order valence-electron chi connectivity index (χ0n) is 17.1. The maximum Gasteiger partial charge on any atom is 0.0187 e. The SMILES string of the molecule is Cc1cccc(Cc2ccccc2)c1Sc1c(C)cccc1Cc1ccccc1. The molecule has 0 aromatic heterocycles. The molecule has 0 nitrogen and oxygen atoms in total. The molecule has 4 rings (SSSR count). The molecule has 0 saturated heterocycles. The molecule has 4 aromatic carbocycles. The van der Waals surface area contributed by atoms with Crippen molar-refractivity contribution in [2.24, 2.45) is 0 Å². The minimum Gasteiger partial charge on any atom is -0.0889 e. The van der Waals surface area contributed by atoms with Crippen LogP contribution in [0, 0.1) is 13.8 Å². The van der Waals surface area contributed by atoms with Gasteiger partial charge in [0.1, 0.15) is 0 Å². The summed E-state index contributed by atoms with van der Waals surface area (Å²) in [6.45, 7) is 4.46. The van der Waals surface area contributed by atoms with Gasteiger partial charge in [-0.3, -0.25) is 0 Å². The largest absolute Gasteiger partial charge is 0.0889 e. The molecule has 0 fully saturated rings. The number of rotatable bonds is 6. The Morgan fingerprint density at radius 1 is 0.483 bits per heavy atom. The van der Waals surface area contributed by atoms with Crippen molar-refractivity contribution in [1.82, 2.24) is 0 Å². The third-order valence-electron chi connectivity index (χ3n) is 5.27. The molecular weight excluding hydrogens is 368 g/mol. The average molecular weight is 395 g/mol. The second-order valence-electron chi connectivity index (χ2n) is 7.55. The molecule has 144 valence electrons. The van der Waals surface area contributed by atoms with E-state index < -0.39 is 0 Å². The van der Waals surface area contributed by atoms with Gasteiger partial charge >= 0.3 is 0 Å². The average Bonchev–Trinajstić information content (AvgIpc) is 2.74. The van der Waals surface area contributed by atoms with Crippen LogP contribution in [0.1, 0.15) is 33.4 Å². The smallest absolute Gasteiger partial charge is 0.0187 e. The van der Waals surface area contributed by atoms with Crippen LogP contribution in [0.3, 0.4) is 0 Å². The fourth-order valence-electron chi connectivity index (χ4n) is 3.73. The predicted octanol–water partition coefficient (Wildman–Crippen LogP) is 7.64. The number of hydrogen-bond donors (Lipinski definition) is 0. The number of benzene rings is 4. The zero-order valence-corrected chi connectivity index (χ0v) is 17.9. The van der Waals surface area contributed by atoms with Gasteiger partial charge in [-0.05, 0) is 60.1 Å². The van der Waals surface area contributed by atoms with E-state index in [2.05, 4.69) is 111 Å². The first kappa shape index (κ1) is 19.5. The van der Waals surface area contributed by atoms with Crippen molar-refractivity contribution in [2.45, 2.75) is 36.5 Å². The Labute approximate surface area is 178 Å². The van der Waals surface area contributed by atoms with Crippen molar-refractivity contribution in [1.29, 1.82) is 0 Å². The molecule has 0 amide bonds. The summed E-state index contributed by atoms with van der Waals surface area (Å²) in [6.07, 6.45) is 1.93. The van der Waals surface area contributed by atoms with Crippen LogP contribution in [0.5, 0.6) is 0 Å². The van der Waals surface area contributed by atoms with E-state index in [4.69, 9.17) is 0 Å². The molecule has 0 bridgehead atoms. The lowest BCUT2D eigenvalue weighted by molar-refractivity contribution is 1.08. The third-order valence-corrected chi connectivity index (χ3v) is 6.84. The Morgan fingerprint density at radius 3 is 1.31 bits per heavy atom. The highest BCUT2D eigenvalue weighted by Gasteiger charge is 2.13. The minimum atomic E-state index is 0.963. The maximum absolute atomic E-state index is 2.28.